The van der Waals surface area contributed by atoms with E-state index in [2.05, 4.69) is 71.7 Å². The fraction of sp³-hybridized carbons (Fsp3) is 0.368. The van der Waals surface area contributed by atoms with E-state index < -0.39 is 0 Å². The van der Waals surface area contributed by atoms with Crippen LogP contribution in [-0.4, -0.2) is 24.0 Å². The van der Waals surface area contributed by atoms with E-state index in [1.165, 1.54) is 36.2 Å². The lowest BCUT2D eigenvalue weighted by Gasteiger charge is -2.34. The molecule has 2 aromatic carbocycles. The van der Waals surface area contributed by atoms with Crippen LogP contribution in [0.2, 0.25) is 0 Å². The van der Waals surface area contributed by atoms with Crippen molar-refractivity contribution in [1.82, 2.24) is 4.90 Å². The summed E-state index contributed by atoms with van der Waals surface area (Å²) >= 11 is 0. The lowest BCUT2D eigenvalue weighted by molar-refractivity contribution is 0.208. The van der Waals surface area contributed by atoms with E-state index in [9.17, 15) is 0 Å². The highest BCUT2D eigenvalue weighted by Gasteiger charge is 2.20. The molecule has 1 heterocycles. The van der Waals surface area contributed by atoms with E-state index in [-0.39, 0.29) is 0 Å². The van der Waals surface area contributed by atoms with E-state index in [1.54, 1.807) is 0 Å². The van der Waals surface area contributed by atoms with Crippen LogP contribution in [0.5, 0.6) is 0 Å². The van der Waals surface area contributed by atoms with Gasteiger partial charge in [-0.15, -0.1) is 0 Å². The van der Waals surface area contributed by atoms with Crippen molar-refractivity contribution in [3.63, 3.8) is 0 Å². The van der Waals surface area contributed by atoms with Gasteiger partial charge >= 0.3 is 0 Å². The largest absolute Gasteiger partial charge is 0.381 e. The molecule has 3 rings (SSSR count). The molecule has 1 fully saturated rings. The summed E-state index contributed by atoms with van der Waals surface area (Å²) in [7, 11) is 0. The zero-order valence-corrected chi connectivity index (χ0v) is 12.8. The summed E-state index contributed by atoms with van der Waals surface area (Å²) in [5.41, 5.74) is 4.02. The van der Waals surface area contributed by atoms with Gasteiger partial charge in [-0.25, -0.2) is 0 Å². The van der Waals surface area contributed by atoms with Gasteiger partial charge in [0.2, 0.25) is 0 Å². The van der Waals surface area contributed by atoms with E-state index in [0.717, 1.165) is 13.1 Å². The molecule has 1 atom stereocenters. The van der Waals surface area contributed by atoms with Crippen LogP contribution in [0.1, 0.15) is 24.0 Å². The number of nitrogens with zero attached hydrogens (tertiary/aromatic N) is 1. The number of nitrogens with one attached hydrogen (secondary N) is 1. The van der Waals surface area contributed by atoms with Gasteiger partial charge in [-0.1, -0.05) is 48.5 Å². The minimum Gasteiger partial charge on any atom is -0.381 e. The SMILES string of the molecule is Cc1ccccc1NC1CCCN(Cc2ccccc2)C1. The molecule has 0 saturated carbocycles. The van der Waals surface area contributed by atoms with Gasteiger partial charge in [0.25, 0.3) is 0 Å². The number of hydrogen-bond acceptors (Lipinski definition) is 2. The van der Waals surface area contributed by atoms with Gasteiger partial charge in [-0.05, 0) is 43.5 Å². The second-order valence-electron chi connectivity index (χ2n) is 6.02. The Morgan fingerprint density at radius 1 is 1.05 bits per heavy atom. The Kier molecular flexibility index (Phi) is 4.56. The van der Waals surface area contributed by atoms with Gasteiger partial charge in [-0.3, -0.25) is 4.90 Å². The van der Waals surface area contributed by atoms with Gasteiger partial charge in [-0.2, -0.15) is 0 Å². The van der Waals surface area contributed by atoms with Crippen LogP contribution in [0.3, 0.4) is 0 Å². The van der Waals surface area contributed by atoms with Gasteiger partial charge in [0.15, 0.2) is 0 Å². The van der Waals surface area contributed by atoms with E-state index in [0.29, 0.717) is 6.04 Å². The quantitative estimate of drug-likeness (QED) is 0.908. The highest BCUT2D eigenvalue weighted by atomic mass is 15.2. The number of likely N-dealkylation sites (tertiary alicyclic amines) is 1. The van der Waals surface area contributed by atoms with E-state index in [4.69, 9.17) is 0 Å². The average Bonchev–Trinajstić information content (AvgIpc) is 2.51. The molecule has 1 aliphatic heterocycles. The third-order valence-electron chi connectivity index (χ3n) is 4.26. The third kappa shape index (κ3) is 3.85. The maximum absolute atomic E-state index is 3.72. The van der Waals surface area contributed by atoms with Crippen LogP contribution < -0.4 is 5.32 Å². The minimum atomic E-state index is 0.559. The summed E-state index contributed by atoms with van der Waals surface area (Å²) in [5.74, 6) is 0. The average molecular weight is 280 g/mol. The second kappa shape index (κ2) is 6.77. The fourth-order valence-corrected chi connectivity index (χ4v) is 3.11. The number of aryl methyl sites for hydroxylation is 1. The summed E-state index contributed by atoms with van der Waals surface area (Å²) < 4.78 is 0. The first-order chi connectivity index (χ1) is 10.3. The molecular formula is C19H24N2. The molecular weight excluding hydrogens is 256 g/mol. The Balaban J connectivity index is 1.60. The van der Waals surface area contributed by atoms with Crippen molar-refractivity contribution < 1.29 is 0 Å². The molecule has 0 radical (unpaired) electrons. The summed E-state index contributed by atoms with van der Waals surface area (Å²) in [6, 6.07) is 19.9. The normalized spacial score (nSPS) is 19.4. The van der Waals surface area contributed by atoms with Gasteiger partial charge < -0.3 is 5.32 Å². The van der Waals surface area contributed by atoms with Crippen molar-refractivity contribution in [3.8, 4) is 0 Å². The first kappa shape index (κ1) is 14.2. The number of hydrogen-bond donors (Lipinski definition) is 1. The van der Waals surface area contributed by atoms with Gasteiger partial charge in [0.1, 0.15) is 0 Å². The number of anilines is 1. The topological polar surface area (TPSA) is 15.3 Å². The number of rotatable bonds is 4. The molecule has 21 heavy (non-hydrogen) atoms. The fourth-order valence-electron chi connectivity index (χ4n) is 3.11. The van der Waals surface area contributed by atoms with E-state index >= 15 is 0 Å². The summed E-state index contributed by atoms with van der Waals surface area (Å²) in [5, 5.41) is 3.72. The van der Waals surface area contributed by atoms with E-state index in [1.807, 2.05) is 0 Å². The number of piperidine rings is 1. The highest BCUT2D eigenvalue weighted by molar-refractivity contribution is 5.51. The predicted octanol–water partition coefficient (Wildman–Crippen LogP) is 4.07. The molecule has 1 aliphatic rings. The smallest absolute Gasteiger partial charge is 0.0389 e. The standard InChI is InChI=1S/C19H24N2/c1-16-8-5-6-12-19(16)20-18-11-7-13-21(15-18)14-17-9-3-2-4-10-17/h2-6,8-10,12,18,20H,7,11,13-15H2,1H3. The predicted molar refractivity (Wildman–Crippen MR) is 89.5 cm³/mol. The van der Waals surface area contributed by atoms with Crippen LogP contribution >= 0.6 is 0 Å². The molecule has 1 saturated heterocycles. The molecule has 0 spiro atoms. The lowest BCUT2D eigenvalue weighted by atomic mass is 10.0. The zero-order chi connectivity index (χ0) is 14.5. The molecule has 2 nitrogen and oxygen atoms in total. The van der Waals surface area contributed by atoms with Crippen molar-refractivity contribution in [1.29, 1.82) is 0 Å². The van der Waals surface area contributed by atoms with Gasteiger partial charge in [0.05, 0.1) is 0 Å². The molecule has 0 aromatic heterocycles. The van der Waals surface area contributed by atoms with Crippen molar-refractivity contribution in [2.45, 2.75) is 32.4 Å². The third-order valence-corrected chi connectivity index (χ3v) is 4.26. The molecule has 110 valence electrons. The number of benzene rings is 2. The Morgan fingerprint density at radius 3 is 2.62 bits per heavy atom. The molecule has 1 unspecified atom stereocenters. The summed E-state index contributed by atoms with van der Waals surface area (Å²) in [4.78, 5) is 2.56. The van der Waals surface area contributed by atoms with Crippen molar-refractivity contribution in [3.05, 3.63) is 65.7 Å². The molecule has 0 amide bonds. The summed E-state index contributed by atoms with van der Waals surface area (Å²) in [6.45, 7) is 5.57. The highest BCUT2D eigenvalue weighted by Crippen LogP contribution is 2.20. The maximum atomic E-state index is 3.72. The first-order valence-corrected chi connectivity index (χ1v) is 7.90. The van der Waals surface area contributed by atoms with Crippen LogP contribution in [0.15, 0.2) is 54.6 Å². The monoisotopic (exact) mass is 280 g/mol. The maximum Gasteiger partial charge on any atom is 0.0389 e. The molecule has 0 bridgehead atoms. The van der Waals surface area contributed by atoms with Crippen LogP contribution in [0, 0.1) is 6.92 Å². The Hall–Kier alpha value is -1.80. The summed E-state index contributed by atoms with van der Waals surface area (Å²) in [6.07, 6.45) is 2.54. The second-order valence-corrected chi connectivity index (χ2v) is 6.02. The Morgan fingerprint density at radius 2 is 1.81 bits per heavy atom. The van der Waals surface area contributed by atoms with Crippen LogP contribution in [-0.2, 0) is 6.54 Å². The molecule has 0 aliphatic carbocycles. The minimum absolute atomic E-state index is 0.559. The first-order valence-electron chi connectivity index (χ1n) is 7.90. The number of para-hydroxylation sites is 1. The molecule has 2 heteroatoms. The van der Waals surface area contributed by atoms with Gasteiger partial charge in [0, 0.05) is 24.8 Å². The van der Waals surface area contributed by atoms with Crippen molar-refractivity contribution >= 4 is 5.69 Å². The van der Waals surface area contributed by atoms with Crippen LogP contribution in [0.25, 0.3) is 0 Å². The Labute approximate surface area is 127 Å². The molecule has 1 N–H and O–H groups in total. The Bertz CT molecular complexity index is 565. The van der Waals surface area contributed by atoms with Crippen molar-refractivity contribution in [2.24, 2.45) is 0 Å². The molecule has 2 aromatic rings. The lowest BCUT2D eigenvalue weighted by Crippen LogP contribution is -2.41. The van der Waals surface area contributed by atoms with Crippen molar-refractivity contribution in [2.75, 3.05) is 18.4 Å². The van der Waals surface area contributed by atoms with Crippen LogP contribution in [0.4, 0.5) is 5.69 Å². The zero-order valence-electron chi connectivity index (χ0n) is 12.8.